The summed E-state index contributed by atoms with van der Waals surface area (Å²) in [4.78, 5) is 9.56. The normalized spacial score (nSPS) is 11.1. The molecule has 0 radical (unpaired) electrons. The van der Waals surface area contributed by atoms with Crippen LogP contribution < -0.4 is 10.6 Å². The molecular formula is C28H20N4. The summed E-state index contributed by atoms with van der Waals surface area (Å²) in [5.41, 5.74) is 3.93. The van der Waals surface area contributed by atoms with E-state index in [1.54, 1.807) is 0 Å². The maximum atomic E-state index is 4.78. The molecule has 0 aliphatic rings. The van der Waals surface area contributed by atoms with E-state index < -0.39 is 0 Å². The summed E-state index contributed by atoms with van der Waals surface area (Å²) in [6, 6.07) is 37.0. The van der Waals surface area contributed by atoms with E-state index in [4.69, 9.17) is 9.97 Å². The Morgan fingerprint density at radius 3 is 1.41 bits per heavy atom. The quantitative estimate of drug-likeness (QED) is 0.316. The number of anilines is 4. The number of hydrogen-bond donors (Lipinski definition) is 2. The smallest absolute Gasteiger partial charge is 0.131 e. The van der Waals surface area contributed by atoms with E-state index in [-0.39, 0.29) is 0 Å². The van der Waals surface area contributed by atoms with Crippen LogP contribution in [0.25, 0.3) is 32.6 Å². The molecule has 0 saturated heterocycles. The Bertz CT molecular complexity index is 1470. The number of rotatable bonds is 4. The van der Waals surface area contributed by atoms with Gasteiger partial charge in [0.25, 0.3) is 0 Å². The van der Waals surface area contributed by atoms with Crippen LogP contribution in [0.1, 0.15) is 0 Å². The molecule has 0 aliphatic heterocycles. The van der Waals surface area contributed by atoms with Crippen LogP contribution in [0.2, 0.25) is 0 Å². The van der Waals surface area contributed by atoms with E-state index in [2.05, 4.69) is 71.3 Å². The van der Waals surface area contributed by atoms with Gasteiger partial charge in [-0.1, -0.05) is 60.7 Å². The van der Waals surface area contributed by atoms with Crippen LogP contribution >= 0.6 is 0 Å². The number of aromatic nitrogens is 2. The first-order valence-corrected chi connectivity index (χ1v) is 10.6. The van der Waals surface area contributed by atoms with Crippen molar-refractivity contribution in [2.45, 2.75) is 0 Å². The summed E-state index contributed by atoms with van der Waals surface area (Å²) >= 11 is 0. The molecule has 6 aromatic rings. The lowest BCUT2D eigenvalue weighted by Crippen LogP contribution is -1.98. The van der Waals surface area contributed by atoms with Crippen LogP contribution in [-0.2, 0) is 0 Å². The van der Waals surface area contributed by atoms with Crippen LogP contribution in [0.5, 0.6) is 0 Å². The third kappa shape index (κ3) is 3.38. The van der Waals surface area contributed by atoms with Gasteiger partial charge in [-0.2, -0.15) is 0 Å². The van der Waals surface area contributed by atoms with Gasteiger partial charge >= 0.3 is 0 Å². The summed E-state index contributed by atoms with van der Waals surface area (Å²) < 4.78 is 0. The molecule has 0 aliphatic carbocycles. The molecule has 4 heteroatoms. The van der Waals surface area contributed by atoms with Gasteiger partial charge < -0.3 is 10.6 Å². The zero-order valence-corrected chi connectivity index (χ0v) is 17.3. The standard InChI is InChI=1S/C28H20N4/c1-3-11-22-19(7-1)15-17-26(29-22)31-24-13-5-9-21-10-6-14-25(28(21)24)32-27-18-16-20-8-2-4-12-23(20)30-27/h1-18H,(H,29,31)(H,30,32). The summed E-state index contributed by atoms with van der Waals surface area (Å²) in [6.45, 7) is 0. The van der Waals surface area contributed by atoms with Crippen LogP contribution in [0.3, 0.4) is 0 Å². The Morgan fingerprint density at radius 1 is 0.406 bits per heavy atom. The second kappa shape index (κ2) is 7.67. The lowest BCUT2D eigenvalue weighted by molar-refractivity contribution is 1.37. The maximum absolute atomic E-state index is 4.78. The molecule has 0 unspecified atom stereocenters. The van der Waals surface area contributed by atoms with E-state index in [1.807, 2.05) is 48.5 Å². The molecule has 4 aromatic carbocycles. The zero-order valence-electron chi connectivity index (χ0n) is 17.3. The summed E-state index contributed by atoms with van der Waals surface area (Å²) in [6.07, 6.45) is 0. The topological polar surface area (TPSA) is 49.8 Å². The van der Waals surface area contributed by atoms with E-state index >= 15 is 0 Å². The van der Waals surface area contributed by atoms with Crippen molar-refractivity contribution >= 4 is 55.6 Å². The predicted molar refractivity (Wildman–Crippen MR) is 134 cm³/mol. The van der Waals surface area contributed by atoms with Gasteiger partial charge in [-0.05, 0) is 53.9 Å². The highest BCUT2D eigenvalue weighted by Gasteiger charge is 2.09. The van der Waals surface area contributed by atoms with Gasteiger partial charge in [0.05, 0.1) is 11.0 Å². The molecule has 4 nitrogen and oxygen atoms in total. The number of nitrogens with one attached hydrogen (secondary N) is 2. The summed E-state index contributed by atoms with van der Waals surface area (Å²) in [5.74, 6) is 1.63. The fourth-order valence-corrected chi connectivity index (χ4v) is 4.10. The average molecular weight is 412 g/mol. The minimum Gasteiger partial charge on any atom is -0.340 e. The first-order valence-electron chi connectivity index (χ1n) is 10.6. The van der Waals surface area contributed by atoms with Gasteiger partial charge in [-0.3, -0.25) is 0 Å². The number of para-hydroxylation sites is 2. The number of nitrogens with zero attached hydrogens (tertiary/aromatic N) is 2. The van der Waals surface area contributed by atoms with Crippen molar-refractivity contribution in [1.29, 1.82) is 0 Å². The fourth-order valence-electron chi connectivity index (χ4n) is 4.10. The number of hydrogen-bond acceptors (Lipinski definition) is 4. The van der Waals surface area contributed by atoms with Crippen molar-refractivity contribution in [2.75, 3.05) is 10.6 Å². The average Bonchev–Trinajstić information content (AvgIpc) is 2.84. The molecule has 2 heterocycles. The molecule has 152 valence electrons. The van der Waals surface area contributed by atoms with Gasteiger partial charge in [0.1, 0.15) is 11.6 Å². The summed E-state index contributed by atoms with van der Waals surface area (Å²) in [5, 5.41) is 11.5. The SMILES string of the molecule is c1ccc2nc(Nc3cccc4cccc(Nc5ccc6ccccc6n5)c34)ccc2c1. The van der Waals surface area contributed by atoms with Crippen molar-refractivity contribution in [3.8, 4) is 0 Å². The first kappa shape index (κ1) is 18.3. The Morgan fingerprint density at radius 2 is 0.875 bits per heavy atom. The van der Waals surface area contributed by atoms with Crippen LogP contribution in [0, 0.1) is 0 Å². The van der Waals surface area contributed by atoms with E-state index in [1.165, 1.54) is 0 Å². The predicted octanol–water partition coefficient (Wildman–Crippen LogP) is 7.42. The van der Waals surface area contributed by atoms with Gasteiger partial charge in [0.15, 0.2) is 0 Å². The van der Waals surface area contributed by atoms with Gasteiger partial charge in [-0.25, -0.2) is 9.97 Å². The van der Waals surface area contributed by atoms with Crippen molar-refractivity contribution in [2.24, 2.45) is 0 Å². The molecule has 2 N–H and O–H groups in total. The second-order valence-corrected chi connectivity index (χ2v) is 7.74. The molecule has 6 rings (SSSR count). The Labute approximate surface area is 185 Å². The molecule has 32 heavy (non-hydrogen) atoms. The monoisotopic (exact) mass is 412 g/mol. The molecule has 0 bridgehead atoms. The van der Waals surface area contributed by atoms with Crippen LogP contribution in [0.4, 0.5) is 23.0 Å². The molecule has 0 amide bonds. The number of benzene rings is 4. The van der Waals surface area contributed by atoms with Crippen molar-refractivity contribution < 1.29 is 0 Å². The van der Waals surface area contributed by atoms with E-state index in [0.29, 0.717) is 0 Å². The molecule has 0 saturated carbocycles. The highest BCUT2D eigenvalue weighted by atomic mass is 15.0. The largest absolute Gasteiger partial charge is 0.340 e. The van der Waals surface area contributed by atoms with Crippen molar-refractivity contribution in [3.05, 3.63) is 109 Å². The lowest BCUT2D eigenvalue weighted by atomic mass is 10.1. The van der Waals surface area contributed by atoms with E-state index in [9.17, 15) is 0 Å². The third-order valence-electron chi connectivity index (χ3n) is 5.63. The van der Waals surface area contributed by atoms with Gasteiger partial charge in [-0.15, -0.1) is 0 Å². The molecule has 2 aromatic heterocycles. The van der Waals surface area contributed by atoms with Crippen molar-refractivity contribution in [3.63, 3.8) is 0 Å². The number of fused-ring (bicyclic) bond motifs is 3. The Balaban J connectivity index is 1.41. The van der Waals surface area contributed by atoms with Gasteiger partial charge in [0.2, 0.25) is 0 Å². The third-order valence-corrected chi connectivity index (χ3v) is 5.63. The van der Waals surface area contributed by atoms with Gasteiger partial charge in [0, 0.05) is 27.5 Å². The second-order valence-electron chi connectivity index (χ2n) is 7.74. The van der Waals surface area contributed by atoms with Crippen molar-refractivity contribution in [1.82, 2.24) is 9.97 Å². The highest BCUT2D eigenvalue weighted by Crippen LogP contribution is 2.34. The number of pyridine rings is 2. The molecule has 0 spiro atoms. The Kier molecular flexibility index (Phi) is 4.40. The first-order chi connectivity index (χ1) is 15.8. The lowest BCUT2D eigenvalue weighted by Gasteiger charge is -2.15. The summed E-state index contributed by atoms with van der Waals surface area (Å²) in [7, 11) is 0. The zero-order chi connectivity index (χ0) is 21.3. The molecule has 0 atom stereocenters. The maximum Gasteiger partial charge on any atom is 0.131 e. The minimum absolute atomic E-state index is 0.815. The highest BCUT2D eigenvalue weighted by molar-refractivity contribution is 6.05. The van der Waals surface area contributed by atoms with E-state index in [0.717, 1.165) is 55.6 Å². The minimum atomic E-state index is 0.815. The Hall–Kier alpha value is -4.44. The molecule has 0 fully saturated rings. The molecular weight excluding hydrogens is 392 g/mol. The van der Waals surface area contributed by atoms with Crippen LogP contribution in [0.15, 0.2) is 109 Å². The van der Waals surface area contributed by atoms with Crippen LogP contribution in [-0.4, -0.2) is 9.97 Å². The fraction of sp³-hybridized carbons (Fsp3) is 0.